The summed E-state index contributed by atoms with van der Waals surface area (Å²) >= 11 is 0. The zero-order valence-corrected chi connectivity index (χ0v) is 11.7. The summed E-state index contributed by atoms with van der Waals surface area (Å²) in [5.41, 5.74) is 6.08. The van der Waals surface area contributed by atoms with E-state index in [0.717, 1.165) is 6.54 Å². The Kier molecular flexibility index (Phi) is 6.83. The molecular weight excluding hydrogens is 208 g/mol. The second-order valence-electron chi connectivity index (χ2n) is 5.71. The standard InChI is InChI=1S/C15H30N2/c1-3-4-5-6-9-12-15(2,13-16)17-14-10-7-8-11-14/h7-8,14,17H,3-6,9-13,16H2,1-2H3. The summed E-state index contributed by atoms with van der Waals surface area (Å²) in [4.78, 5) is 0. The Bertz CT molecular complexity index is 217. The van der Waals surface area contributed by atoms with Crippen molar-refractivity contribution in [3.63, 3.8) is 0 Å². The smallest absolute Gasteiger partial charge is 0.0278 e. The van der Waals surface area contributed by atoms with Crippen LogP contribution in [0.5, 0.6) is 0 Å². The average Bonchev–Trinajstić information content (AvgIpc) is 2.81. The Morgan fingerprint density at radius 1 is 1.18 bits per heavy atom. The summed E-state index contributed by atoms with van der Waals surface area (Å²) in [5, 5.41) is 3.75. The minimum absolute atomic E-state index is 0.142. The molecule has 0 aromatic carbocycles. The second kappa shape index (κ2) is 7.88. The molecule has 1 rings (SSSR count). The van der Waals surface area contributed by atoms with Crippen molar-refractivity contribution in [1.29, 1.82) is 0 Å². The first kappa shape index (κ1) is 14.7. The number of nitrogens with two attached hydrogens (primary N) is 1. The van der Waals surface area contributed by atoms with Crippen LogP contribution in [-0.2, 0) is 0 Å². The minimum atomic E-state index is 0.142. The molecule has 0 saturated carbocycles. The van der Waals surface area contributed by atoms with Gasteiger partial charge < -0.3 is 11.1 Å². The molecule has 2 heteroatoms. The molecule has 0 fully saturated rings. The van der Waals surface area contributed by atoms with Gasteiger partial charge in [-0.05, 0) is 26.2 Å². The van der Waals surface area contributed by atoms with E-state index in [2.05, 4.69) is 31.3 Å². The highest BCUT2D eigenvalue weighted by atomic mass is 15.0. The van der Waals surface area contributed by atoms with Gasteiger partial charge in [-0.1, -0.05) is 51.2 Å². The first-order chi connectivity index (χ1) is 8.20. The second-order valence-corrected chi connectivity index (χ2v) is 5.71. The molecule has 1 unspecified atom stereocenters. The molecule has 2 nitrogen and oxygen atoms in total. The van der Waals surface area contributed by atoms with Crippen LogP contribution in [-0.4, -0.2) is 18.1 Å². The zero-order valence-electron chi connectivity index (χ0n) is 11.7. The highest BCUT2D eigenvalue weighted by molar-refractivity contribution is 5.01. The molecule has 0 saturated heterocycles. The number of hydrogen-bond donors (Lipinski definition) is 2. The van der Waals surface area contributed by atoms with Gasteiger partial charge in [-0.3, -0.25) is 0 Å². The van der Waals surface area contributed by atoms with Gasteiger partial charge >= 0.3 is 0 Å². The summed E-state index contributed by atoms with van der Waals surface area (Å²) in [7, 11) is 0. The van der Waals surface area contributed by atoms with Crippen LogP contribution in [0.1, 0.15) is 65.2 Å². The van der Waals surface area contributed by atoms with Gasteiger partial charge in [0.15, 0.2) is 0 Å². The summed E-state index contributed by atoms with van der Waals surface area (Å²) in [6.07, 6.45) is 14.8. The maximum atomic E-state index is 5.94. The van der Waals surface area contributed by atoms with E-state index in [0.29, 0.717) is 6.04 Å². The van der Waals surface area contributed by atoms with E-state index in [1.807, 2.05) is 0 Å². The predicted octanol–water partition coefficient (Wildman–Crippen LogP) is 3.37. The fourth-order valence-corrected chi connectivity index (χ4v) is 2.58. The molecule has 0 aromatic rings. The molecule has 100 valence electrons. The van der Waals surface area contributed by atoms with Crippen LogP contribution in [0.15, 0.2) is 12.2 Å². The van der Waals surface area contributed by atoms with E-state index < -0.39 is 0 Å². The monoisotopic (exact) mass is 238 g/mol. The van der Waals surface area contributed by atoms with Gasteiger partial charge in [0.2, 0.25) is 0 Å². The largest absolute Gasteiger partial charge is 0.329 e. The van der Waals surface area contributed by atoms with Crippen molar-refractivity contribution in [3.8, 4) is 0 Å². The molecule has 0 bridgehead atoms. The molecule has 0 spiro atoms. The van der Waals surface area contributed by atoms with E-state index in [1.165, 1.54) is 51.4 Å². The summed E-state index contributed by atoms with van der Waals surface area (Å²) in [6, 6.07) is 0.624. The van der Waals surface area contributed by atoms with Crippen LogP contribution >= 0.6 is 0 Å². The van der Waals surface area contributed by atoms with E-state index in [4.69, 9.17) is 5.73 Å². The first-order valence-corrected chi connectivity index (χ1v) is 7.33. The van der Waals surface area contributed by atoms with Crippen LogP contribution in [0.2, 0.25) is 0 Å². The van der Waals surface area contributed by atoms with E-state index in [1.54, 1.807) is 0 Å². The van der Waals surface area contributed by atoms with Crippen molar-refractivity contribution < 1.29 is 0 Å². The van der Waals surface area contributed by atoms with Gasteiger partial charge in [-0.25, -0.2) is 0 Å². The fourth-order valence-electron chi connectivity index (χ4n) is 2.58. The van der Waals surface area contributed by atoms with Crippen LogP contribution in [0, 0.1) is 0 Å². The SMILES string of the molecule is CCCCCCCC(C)(CN)NC1CC=CC1. The van der Waals surface area contributed by atoms with E-state index >= 15 is 0 Å². The molecule has 0 aliphatic heterocycles. The molecule has 0 heterocycles. The Balaban J connectivity index is 2.19. The van der Waals surface area contributed by atoms with Gasteiger partial charge in [-0.15, -0.1) is 0 Å². The topological polar surface area (TPSA) is 38.0 Å². The van der Waals surface area contributed by atoms with Crippen molar-refractivity contribution >= 4 is 0 Å². The lowest BCUT2D eigenvalue weighted by molar-refractivity contribution is 0.291. The summed E-state index contributed by atoms with van der Waals surface area (Å²) < 4.78 is 0. The number of unbranched alkanes of at least 4 members (excludes halogenated alkanes) is 4. The molecule has 1 aliphatic rings. The van der Waals surface area contributed by atoms with Crippen molar-refractivity contribution in [2.24, 2.45) is 5.73 Å². The first-order valence-electron chi connectivity index (χ1n) is 7.33. The number of nitrogens with one attached hydrogen (secondary N) is 1. The molecule has 1 atom stereocenters. The highest BCUT2D eigenvalue weighted by Gasteiger charge is 2.25. The molecule has 0 aromatic heterocycles. The van der Waals surface area contributed by atoms with Gasteiger partial charge in [-0.2, -0.15) is 0 Å². The maximum Gasteiger partial charge on any atom is 0.0278 e. The predicted molar refractivity (Wildman–Crippen MR) is 76.1 cm³/mol. The van der Waals surface area contributed by atoms with Gasteiger partial charge in [0.25, 0.3) is 0 Å². The van der Waals surface area contributed by atoms with Crippen LogP contribution < -0.4 is 11.1 Å². The third-order valence-electron chi connectivity index (χ3n) is 3.84. The lowest BCUT2D eigenvalue weighted by Crippen LogP contribution is -2.52. The molecule has 1 aliphatic carbocycles. The maximum absolute atomic E-state index is 5.94. The van der Waals surface area contributed by atoms with Gasteiger partial charge in [0.05, 0.1) is 0 Å². The number of hydrogen-bond acceptors (Lipinski definition) is 2. The molecule has 0 radical (unpaired) electrons. The van der Waals surface area contributed by atoms with E-state index in [9.17, 15) is 0 Å². The quantitative estimate of drug-likeness (QED) is 0.477. The molecule has 3 N–H and O–H groups in total. The normalized spacial score (nSPS) is 19.7. The van der Waals surface area contributed by atoms with Crippen LogP contribution in [0.4, 0.5) is 0 Å². The average molecular weight is 238 g/mol. The molecular formula is C15H30N2. The van der Waals surface area contributed by atoms with Gasteiger partial charge in [0, 0.05) is 18.1 Å². The van der Waals surface area contributed by atoms with Crippen molar-refractivity contribution in [2.45, 2.75) is 76.8 Å². The third-order valence-corrected chi connectivity index (χ3v) is 3.84. The molecule has 17 heavy (non-hydrogen) atoms. The lowest BCUT2D eigenvalue weighted by Gasteiger charge is -2.33. The minimum Gasteiger partial charge on any atom is -0.329 e. The third kappa shape index (κ3) is 5.69. The zero-order chi connectivity index (χ0) is 12.6. The van der Waals surface area contributed by atoms with Crippen molar-refractivity contribution in [2.75, 3.05) is 6.54 Å². The van der Waals surface area contributed by atoms with E-state index in [-0.39, 0.29) is 5.54 Å². The lowest BCUT2D eigenvalue weighted by atomic mass is 9.92. The summed E-state index contributed by atoms with van der Waals surface area (Å²) in [6.45, 7) is 5.29. The van der Waals surface area contributed by atoms with Gasteiger partial charge in [0.1, 0.15) is 0 Å². The van der Waals surface area contributed by atoms with Crippen LogP contribution in [0.3, 0.4) is 0 Å². The van der Waals surface area contributed by atoms with Crippen molar-refractivity contribution in [1.82, 2.24) is 5.32 Å². The Morgan fingerprint density at radius 2 is 1.82 bits per heavy atom. The Labute approximate surface area is 107 Å². The Morgan fingerprint density at radius 3 is 2.41 bits per heavy atom. The Hall–Kier alpha value is -0.340. The van der Waals surface area contributed by atoms with Crippen molar-refractivity contribution in [3.05, 3.63) is 12.2 Å². The highest BCUT2D eigenvalue weighted by Crippen LogP contribution is 2.19. The number of rotatable bonds is 9. The molecule has 0 amide bonds. The fraction of sp³-hybridized carbons (Fsp3) is 0.867. The van der Waals surface area contributed by atoms with Crippen LogP contribution in [0.25, 0.3) is 0 Å². The summed E-state index contributed by atoms with van der Waals surface area (Å²) in [5.74, 6) is 0.